The van der Waals surface area contributed by atoms with Crippen LogP contribution in [-0.4, -0.2) is 26.0 Å². The monoisotopic (exact) mass is 383 g/mol. The van der Waals surface area contributed by atoms with Crippen LogP contribution in [0.4, 0.5) is 13.2 Å². The zero-order valence-corrected chi connectivity index (χ0v) is 14.9. The minimum absolute atomic E-state index is 0.0301. The summed E-state index contributed by atoms with van der Waals surface area (Å²) in [7, 11) is 1.46. The van der Waals surface area contributed by atoms with Crippen molar-refractivity contribution in [1.29, 1.82) is 0 Å². The molecule has 0 saturated carbocycles. The highest BCUT2D eigenvalue weighted by Gasteiger charge is 2.31. The highest BCUT2D eigenvalue weighted by molar-refractivity contribution is 5.71. The van der Waals surface area contributed by atoms with Gasteiger partial charge in [0, 0.05) is 6.04 Å². The van der Waals surface area contributed by atoms with E-state index < -0.39 is 18.4 Å². The van der Waals surface area contributed by atoms with Crippen LogP contribution >= 0.6 is 0 Å². The maximum Gasteiger partial charge on any atom is 0.573 e. The minimum atomic E-state index is -4.78. The minimum Gasteiger partial charge on any atom is -0.497 e. The highest BCUT2D eigenvalue weighted by atomic mass is 19.4. The Morgan fingerprint density at radius 1 is 1.11 bits per heavy atom. The number of methoxy groups -OCH3 is 1. The Hall–Kier alpha value is -2.74. The lowest BCUT2D eigenvalue weighted by Gasteiger charge is -2.15. The average molecular weight is 383 g/mol. The first-order valence-electron chi connectivity index (χ1n) is 8.18. The number of hydrogen-bond acceptors (Lipinski definition) is 5. The second-order valence-corrected chi connectivity index (χ2v) is 5.69. The van der Waals surface area contributed by atoms with Gasteiger partial charge >= 0.3 is 12.3 Å². The molecule has 2 aromatic carbocycles. The molecule has 1 atom stereocenters. The molecule has 2 rings (SSSR count). The van der Waals surface area contributed by atoms with Gasteiger partial charge in [-0.1, -0.05) is 12.1 Å². The SMILES string of the molecule is CCOC(=O)C[C@H](N)c1cc(OC)cc(-c2cccc(OC(F)(F)F)c2)c1. The van der Waals surface area contributed by atoms with E-state index in [0.717, 1.165) is 0 Å². The Morgan fingerprint density at radius 2 is 1.81 bits per heavy atom. The first kappa shape index (κ1) is 20.6. The fourth-order valence-electron chi connectivity index (χ4n) is 2.51. The molecular formula is C19H20F3NO4. The van der Waals surface area contributed by atoms with Crippen LogP contribution in [-0.2, 0) is 9.53 Å². The van der Waals surface area contributed by atoms with Crippen LogP contribution in [0, 0.1) is 0 Å². The van der Waals surface area contributed by atoms with E-state index in [4.69, 9.17) is 15.2 Å². The summed E-state index contributed by atoms with van der Waals surface area (Å²) < 4.78 is 51.4. The number of halogens is 3. The molecule has 0 aliphatic heterocycles. The summed E-state index contributed by atoms with van der Waals surface area (Å²) in [5.41, 5.74) is 7.74. The Morgan fingerprint density at radius 3 is 2.44 bits per heavy atom. The van der Waals surface area contributed by atoms with Crippen LogP contribution in [0.5, 0.6) is 11.5 Å². The van der Waals surface area contributed by atoms with Gasteiger partial charge in [0.25, 0.3) is 0 Å². The molecule has 27 heavy (non-hydrogen) atoms. The number of benzene rings is 2. The summed E-state index contributed by atoms with van der Waals surface area (Å²) in [5.74, 6) is -0.306. The van der Waals surface area contributed by atoms with Crippen LogP contribution in [0.15, 0.2) is 42.5 Å². The van der Waals surface area contributed by atoms with Gasteiger partial charge in [-0.3, -0.25) is 4.79 Å². The normalized spacial score (nSPS) is 12.4. The lowest BCUT2D eigenvalue weighted by Crippen LogP contribution is -2.17. The fourth-order valence-corrected chi connectivity index (χ4v) is 2.51. The Kier molecular flexibility index (Phi) is 6.68. The number of rotatable bonds is 7. The van der Waals surface area contributed by atoms with Gasteiger partial charge in [-0.2, -0.15) is 0 Å². The summed E-state index contributed by atoms with van der Waals surface area (Å²) in [6.45, 7) is 1.95. The summed E-state index contributed by atoms with van der Waals surface area (Å²) in [5, 5.41) is 0. The van der Waals surface area contributed by atoms with Crippen LogP contribution in [0.2, 0.25) is 0 Å². The topological polar surface area (TPSA) is 70.8 Å². The molecule has 0 bridgehead atoms. The van der Waals surface area contributed by atoms with E-state index in [0.29, 0.717) is 22.4 Å². The Labute approximate surface area is 154 Å². The number of alkyl halides is 3. The summed E-state index contributed by atoms with van der Waals surface area (Å²) in [6, 6.07) is 9.95. The first-order valence-corrected chi connectivity index (χ1v) is 8.18. The molecule has 0 unspecified atom stereocenters. The molecular weight excluding hydrogens is 363 g/mol. The highest BCUT2D eigenvalue weighted by Crippen LogP contribution is 2.32. The standard InChI is InChI=1S/C19H20F3NO4/c1-3-26-18(24)11-17(23)14-7-13(9-16(10-14)25-2)12-5-4-6-15(8-12)27-19(20,21)22/h4-10,17H,3,11,23H2,1-2H3/t17-/m0/s1. The first-order chi connectivity index (χ1) is 12.7. The number of ether oxygens (including phenoxy) is 3. The van der Waals surface area contributed by atoms with E-state index in [1.54, 1.807) is 31.2 Å². The van der Waals surface area contributed by atoms with Crippen molar-refractivity contribution in [3.8, 4) is 22.6 Å². The van der Waals surface area contributed by atoms with Gasteiger partial charge < -0.3 is 19.9 Å². The molecule has 0 saturated heterocycles. The largest absolute Gasteiger partial charge is 0.573 e. The van der Waals surface area contributed by atoms with Crippen LogP contribution in [0.3, 0.4) is 0 Å². The molecule has 2 N–H and O–H groups in total. The third-order valence-electron chi connectivity index (χ3n) is 3.69. The van der Waals surface area contributed by atoms with E-state index in [1.807, 2.05) is 0 Å². The fraction of sp³-hybridized carbons (Fsp3) is 0.316. The molecule has 0 aliphatic carbocycles. The molecule has 146 valence electrons. The van der Waals surface area contributed by atoms with Gasteiger partial charge in [-0.25, -0.2) is 0 Å². The van der Waals surface area contributed by atoms with Crippen molar-refractivity contribution >= 4 is 5.97 Å². The molecule has 0 spiro atoms. The van der Waals surface area contributed by atoms with Crippen molar-refractivity contribution in [3.63, 3.8) is 0 Å². The number of carbonyl (C=O) groups is 1. The van der Waals surface area contributed by atoms with Gasteiger partial charge in [0.1, 0.15) is 11.5 Å². The lowest BCUT2D eigenvalue weighted by atomic mass is 9.97. The van der Waals surface area contributed by atoms with Gasteiger partial charge in [0.15, 0.2) is 0 Å². The van der Waals surface area contributed by atoms with E-state index in [9.17, 15) is 18.0 Å². The van der Waals surface area contributed by atoms with Gasteiger partial charge in [-0.15, -0.1) is 13.2 Å². The summed E-state index contributed by atoms with van der Waals surface area (Å²) >= 11 is 0. The van der Waals surface area contributed by atoms with E-state index in [2.05, 4.69) is 4.74 Å². The van der Waals surface area contributed by atoms with Crippen molar-refractivity contribution in [1.82, 2.24) is 0 Å². The van der Waals surface area contributed by atoms with Crippen molar-refractivity contribution in [2.24, 2.45) is 5.73 Å². The van der Waals surface area contributed by atoms with Crippen molar-refractivity contribution in [2.75, 3.05) is 13.7 Å². The van der Waals surface area contributed by atoms with E-state index >= 15 is 0 Å². The molecule has 0 amide bonds. The number of nitrogens with two attached hydrogens (primary N) is 1. The molecule has 0 aromatic heterocycles. The predicted octanol–water partition coefficient (Wildman–Crippen LogP) is 4.21. The average Bonchev–Trinajstić information content (AvgIpc) is 2.60. The van der Waals surface area contributed by atoms with Crippen LogP contribution in [0.25, 0.3) is 11.1 Å². The van der Waals surface area contributed by atoms with E-state index in [1.165, 1.54) is 25.3 Å². The second-order valence-electron chi connectivity index (χ2n) is 5.69. The smallest absolute Gasteiger partial charge is 0.497 e. The number of esters is 1. The molecule has 0 heterocycles. The maximum absolute atomic E-state index is 12.4. The van der Waals surface area contributed by atoms with Crippen molar-refractivity contribution in [3.05, 3.63) is 48.0 Å². The molecule has 0 radical (unpaired) electrons. The third-order valence-corrected chi connectivity index (χ3v) is 3.69. The lowest BCUT2D eigenvalue weighted by molar-refractivity contribution is -0.274. The molecule has 0 aliphatic rings. The number of hydrogen-bond donors (Lipinski definition) is 1. The van der Waals surface area contributed by atoms with E-state index in [-0.39, 0.29) is 18.8 Å². The van der Waals surface area contributed by atoms with Crippen molar-refractivity contribution < 1.29 is 32.2 Å². The van der Waals surface area contributed by atoms with Gasteiger partial charge in [0.05, 0.1) is 20.1 Å². The maximum atomic E-state index is 12.4. The van der Waals surface area contributed by atoms with Gasteiger partial charge in [0.2, 0.25) is 0 Å². The van der Waals surface area contributed by atoms with Crippen molar-refractivity contribution in [2.45, 2.75) is 25.7 Å². The number of carbonyl (C=O) groups excluding carboxylic acids is 1. The molecule has 0 fully saturated rings. The Bertz CT molecular complexity index is 793. The quantitative estimate of drug-likeness (QED) is 0.725. The third kappa shape index (κ3) is 6.18. The second kappa shape index (κ2) is 8.77. The summed E-state index contributed by atoms with van der Waals surface area (Å²) in [4.78, 5) is 11.7. The zero-order valence-electron chi connectivity index (χ0n) is 14.9. The molecule has 2 aromatic rings. The Balaban J connectivity index is 2.34. The predicted molar refractivity (Wildman–Crippen MR) is 93.3 cm³/mol. The van der Waals surface area contributed by atoms with Gasteiger partial charge in [-0.05, 0) is 53.9 Å². The zero-order chi connectivity index (χ0) is 20.0. The summed E-state index contributed by atoms with van der Waals surface area (Å²) in [6.07, 6.45) is -4.81. The molecule has 5 nitrogen and oxygen atoms in total. The van der Waals surface area contributed by atoms with Crippen LogP contribution < -0.4 is 15.2 Å². The van der Waals surface area contributed by atoms with Crippen LogP contribution in [0.1, 0.15) is 24.9 Å². The molecule has 8 heteroatoms.